The number of nitrogens with zero attached hydrogens (tertiary/aromatic N) is 1. The number of hydrogen-bond donors (Lipinski definition) is 1. The van der Waals surface area contributed by atoms with Gasteiger partial charge >= 0.3 is 0 Å². The number of amides is 2. The van der Waals surface area contributed by atoms with Crippen molar-refractivity contribution < 1.29 is 19.1 Å². The maximum absolute atomic E-state index is 12.9. The molecule has 6 heteroatoms. The fourth-order valence-corrected chi connectivity index (χ4v) is 4.66. The number of ether oxygens (including phenoxy) is 2. The van der Waals surface area contributed by atoms with Gasteiger partial charge in [0.25, 0.3) is 0 Å². The molecule has 3 rings (SSSR count). The highest BCUT2D eigenvalue weighted by Gasteiger charge is 2.43. The molecule has 2 heterocycles. The second-order valence-corrected chi connectivity index (χ2v) is 8.24. The van der Waals surface area contributed by atoms with Crippen LogP contribution in [0.25, 0.3) is 0 Å². The Kier molecular flexibility index (Phi) is 6.92. The lowest BCUT2D eigenvalue weighted by Gasteiger charge is -2.34. The summed E-state index contributed by atoms with van der Waals surface area (Å²) in [6.45, 7) is 3.29. The fourth-order valence-electron chi connectivity index (χ4n) is 4.66. The predicted octanol–water partition coefficient (Wildman–Crippen LogP) is 2.12. The smallest absolute Gasteiger partial charge is 0.225 e. The van der Waals surface area contributed by atoms with E-state index in [2.05, 4.69) is 5.32 Å². The van der Waals surface area contributed by atoms with Gasteiger partial charge in [-0.3, -0.25) is 9.59 Å². The van der Waals surface area contributed by atoms with E-state index in [9.17, 15) is 9.59 Å². The molecule has 1 aliphatic carbocycles. The quantitative estimate of drug-likeness (QED) is 0.782. The number of carbonyl (C=O) groups excluding carboxylic acids is 2. The molecule has 1 atom stereocenters. The van der Waals surface area contributed by atoms with Crippen molar-refractivity contribution in [2.45, 2.75) is 63.3 Å². The maximum Gasteiger partial charge on any atom is 0.225 e. The molecule has 0 radical (unpaired) electrons. The first-order valence-corrected chi connectivity index (χ1v) is 10.3. The van der Waals surface area contributed by atoms with Crippen LogP contribution in [0.4, 0.5) is 0 Å². The zero-order valence-corrected chi connectivity index (χ0v) is 16.1. The average Bonchev–Trinajstić information content (AvgIpc) is 3.11. The van der Waals surface area contributed by atoms with E-state index in [-0.39, 0.29) is 23.3 Å². The van der Waals surface area contributed by atoms with Crippen molar-refractivity contribution in [3.8, 4) is 0 Å². The third-order valence-electron chi connectivity index (χ3n) is 6.39. The second-order valence-electron chi connectivity index (χ2n) is 8.24. The SMILES string of the molecule is COCCC1(NC(=O)C2CCOCC2)CCN(C(=O)C2CCCCC2)C1. The van der Waals surface area contributed by atoms with Crippen molar-refractivity contribution in [3.05, 3.63) is 0 Å². The molecule has 1 N–H and O–H groups in total. The van der Waals surface area contributed by atoms with Crippen LogP contribution in [0.2, 0.25) is 0 Å². The molecule has 3 aliphatic rings. The molecular weight excluding hydrogens is 332 g/mol. The monoisotopic (exact) mass is 366 g/mol. The van der Waals surface area contributed by atoms with E-state index >= 15 is 0 Å². The molecule has 2 saturated heterocycles. The first kappa shape index (κ1) is 19.6. The maximum atomic E-state index is 12.9. The van der Waals surface area contributed by atoms with Crippen molar-refractivity contribution in [1.82, 2.24) is 10.2 Å². The van der Waals surface area contributed by atoms with Gasteiger partial charge in [0.15, 0.2) is 0 Å². The topological polar surface area (TPSA) is 67.9 Å². The molecule has 26 heavy (non-hydrogen) atoms. The number of carbonyl (C=O) groups is 2. The number of nitrogens with one attached hydrogen (secondary N) is 1. The number of hydrogen-bond acceptors (Lipinski definition) is 4. The highest BCUT2D eigenvalue weighted by Crippen LogP contribution is 2.31. The Morgan fingerprint density at radius 2 is 1.85 bits per heavy atom. The lowest BCUT2D eigenvalue weighted by molar-refractivity contribution is -0.136. The Bertz CT molecular complexity index is 486. The van der Waals surface area contributed by atoms with Crippen LogP contribution in [0.15, 0.2) is 0 Å². The summed E-state index contributed by atoms with van der Waals surface area (Å²) in [5.41, 5.74) is -0.338. The van der Waals surface area contributed by atoms with Gasteiger partial charge in [-0.05, 0) is 38.5 Å². The van der Waals surface area contributed by atoms with Crippen LogP contribution in [0.5, 0.6) is 0 Å². The van der Waals surface area contributed by atoms with E-state index in [1.807, 2.05) is 4.90 Å². The molecule has 1 unspecified atom stereocenters. The molecular formula is C20H34N2O4. The van der Waals surface area contributed by atoms with Crippen LogP contribution in [-0.2, 0) is 19.1 Å². The van der Waals surface area contributed by atoms with Gasteiger partial charge in [-0.15, -0.1) is 0 Å². The zero-order chi connectivity index (χ0) is 18.4. The molecule has 0 spiro atoms. The van der Waals surface area contributed by atoms with Gasteiger partial charge in [-0.2, -0.15) is 0 Å². The summed E-state index contributed by atoms with van der Waals surface area (Å²) in [6, 6.07) is 0. The van der Waals surface area contributed by atoms with E-state index in [1.54, 1.807) is 7.11 Å². The third kappa shape index (κ3) is 4.77. The predicted molar refractivity (Wildman–Crippen MR) is 98.7 cm³/mol. The van der Waals surface area contributed by atoms with Crippen LogP contribution in [-0.4, -0.2) is 62.3 Å². The summed E-state index contributed by atoms with van der Waals surface area (Å²) < 4.78 is 10.7. The summed E-state index contributed by atoms with van der Waals surface area (Å²) in [5, 5.41) is 3.32. The third-order valence-corrected chi connectivity index (χ3v) is 6.39. The van der Waals surface area contributed by atoms with Crippen LogP contribution < -0.4 is 5.32 Å². The van der Waals surface area contributed by atoms with Gasteiger partial charge in [0.2, 0.25) is 11.8 Å². The minimum absolute atomic E-state index is 0.0336. The van der Waals surface area contributed by atoms with Crippen LogP contribution in [0, 0.1) is 11.8 Å². The molecule has 0 aromatic heterocycles. The van der Waals surface area contributed by atoms with Gasteiger partial charge in [0, 0.05) is 51.9 Å². The van der Waals surface area contributed by atoms with E-state index in [0.29, 0.717) is 32.3 Å². The van der Waals surface area contributed by atoms with E-state index < -0.39 is 0 Å². The van der Waals surface area contributed by atoms with Gasteiger partial charge in [-0.25, -0.2) is 0 Å². The molecule has 148 valence electrons. The first-order valence-electron chi connectivity index (χ1n) is 10.3. The van der Waals surface area contributed by atoms with Gasteiger partial charge in [0.05, 0.1) is 5.54 Å². The summed E-state index contributed by atoms with van der Waals surface area (Å²) in [5.74, 6) is 0.639. The molecule has 0 aromatic carbocycles. The van der Waals surface area contributed by atoms with Crippen molar-refractivity contribution in [1.29, 1.82) is 0 Å². The minimum Gasteiger partial charge on any atom is -0.385 e. The van der Waals surface area contributed by atoms with E-state index in [4.69, 9.17) is 9.47 Å². The Hall–Kier alpha value is -1.14. The normalized spacial score (nSPS) is 28.3. The highest BCUT2D eigenvalue weighted by molar-refractivity contribution is 5.81. The Balaban J connectivity index is 1.61. The Morgan fingerprint density at radius 1 is 1.12 bits per heavy atom. The van der Waals surface area contributed by atoms with E-state index in [1.165, 1.54) is 19.3 Å². The summed E-state index contributed by atoms with van der Waals surface area (Å²) in [7, 11) is 1.69. The first-order chi connectivity index (χ1) is 12.6. The fraction of sp³-hybridized carbons (Fsp3) is 0.900. The summed E-state index contributed by atoms with van der Waals surface area (Å²) >= 11 is 0. The number of rotatable bonds is 6. The molecule has 0 aromatic rings. The van der Waals surface area contributed by atoms with Gasteiger partial charge in [-0.1, -0.05) is 19.3 Å². The van der Waals surface area contributed by atoms with Gasteiger partial charge in [0.1, 0.15) is 0 Å². The summed E-state index contributed by atoms with van der Waals surface area (Å²) in [6.07, 6.45) is 8.79. The van der Waals surface area contributed by atoms with Crippen LogP contribution in [0.3, 0.4) is 0 Å². The zero-order valence-electron chi connectivity index (χ0n) is 16.1. The standard InChI is InChI=1S/C20H34N2O4/c1-25-14-10-20(21-18(23)16-7-12-26-13-8-16)9-11-22(15-20)19(24)17-5-3-2-4-6-17/h16-17H,2-15H2,1H3,(H,21,23). The molecule has 0 bridgehead atoms. The average molecular weight is 367 g/mol. The van der Waals surface area contributed by atoms with Crippen molar-refractivity contribution >= 4 is 11.8 Å². The van der Waals surface area contributed by atoms with E-state index in [0.717, 1.165) is 45.1 Å². The lowest BCUT2D eigenvalue weighted by atomic mass is 9.88. The highest BCUT2D eigenvalue weighted by atomic mass is 16.5. The second kappa shape index (κ2) is 9.18. The Labute approximate surface area is 157 Å². The Morgan fingerprint density at radius 3 is 2.54 bits per heavy atom. The number of methoxy groups -OCH3 is 1. The lowest BCUT2D eigenvalue weighted by Crippen LogP contribution is -2.54. The van der Waals surface area contributed by atoms with Crippen LogP contribution in [0.1, 0.15) is 57.8 Å². The van der Waals surface area contributed by atoms with Gasteiger partial charge < -0.3 is 19.7 Å². The van der Waals surface area contributed by atoms with Crippen molar-refractivity contribution in [3.63, 3.8) is 0 Å². The molecule has 3 fully saturated rings. The molecule has 2 amide bonds. The largest absolute Gasteiger partial charge is 0.385 e. The van der Waals surface area contributed by atoms with Crippen molar-refractivity contribution in [2.75, 3.05) is 40.0 Å². The molecule has 6 nitrogen and oxygen atoms in total. The molecule has 2 aliphatic heterocycles. The molecule has 1 saturated carbocycles. The number of likely N-dealkylation sites (tertiary alicyclic amines) is 1. The van der Waals surface area contributed by atoms with Crippen LogP contribution >= 0.6 is 0 Å². The summed E-state index contributed by atoms with van der Waals surface area (Å²) in [4.78, 5) is 27.7. The van der Waals surface area contributed by atoms with Crippen molar-refractivity contribution in [2.24, 2.45) is 11.8 Å². The minimum atomic E-state index is -0.338.